The molecule has 32 heavy (non-hydrogen) atoms. The first-order chi connectivity index (χ1) is 15.3. The monoisotopic (exact) mass is 493 g/mol. The Bertz CT molecular complexity index is 1310. The molecule has 6 nitrogen and oxygen atoms in total. The largest absolute Gasteiger partial charge is 0.316 e. The van der Waals surface area contributed by atoms with E-state index < -0.39 is 27.8 Å². The maximum absolute atomic E-state index is 13.3. The number of nitrogens with zero attached hydrogens (tertiary/aromatic N) is 3. The van der Waals surface area contributed by atoms with Gasteiger partial charge in [0.1, 0.15) is 11.9 Å². The molecule has 1 unspecified atom stereocenters. The number of thioether (sulfide) groups is 1. The van der Waals surface area contributed by atoms with E-state index in [4.69, 9.17) is 0 Å². The van der Waals surface area contributed by atoms with Gasteiger partial charge in [-0.15, -0.1) is 0 Å². The molecule has 0 spiro atoms. The SMILES string of the molecule is CSCCn1c(=NC(=O)C2CCCN2S(=O)(=O)c2ccc(F)cc2)sc2cc(C)ccc21. The molecule has 0 aliphatic carbocycles. The summed E-state index contributed by atoms with van der Waals surface area (Å²) in [6.45, 7) is 2.96. The highest BCUT2D eigenvalue weighted by Crippen LogP contribution is 2.27. The summed E-state index contributed by atoms with van der Waals surface area (Å²) in [5, 5.41) is 0. The number of aromatic nitrogens is 1. The smallest absolute Gasteiger partial charge is 0.266 e. The quantitative estimate of drug-likeness (QED) is 0.524. The first-order valence-electron chi connectivity index (χ1n) is 10.3. The number of fused-ring (bicyclic) bond motifs is 1. The van der Waals surface area contributed by atoms with Gasteiger partial charge >= 0.3 is 0 Å². The first kappa shape index (κ1) is 23.2. The van der Waals surface area contributed by atoms with E-state index in [2.05, 4.69) is 11.1 Å². The van der Waals surface area contributed by atoms with Crippen molar-refractivity contribution in [3.8, 4) is 0 Å². The Morgan fingerprint density at radius 1 is 1.25 bits per heavy atom. The van der Waals surface area contributed by atoms with Gasteiger partial charge in [0.15, 0.2) is 4.80 Å². The Kier molecular flexibility index (Phi) is 6.85. The number of rotatable bonds is 6. The lowest BCUT2D eigenvalue weighted by Gasteiger charge is -2.21. The van der Waals surface area contributed by atoms with Crippen LogP contribution in [-0.2, 0) is 21.4 Å². The van der Waals surface area contributed by atoms with Gasteiger partial charge in [0, 0.05) is 18.8 Å². The van der Waals surface area contributed by atoms with Gasteiger partial charge in [-0.25, -0.2) is 12.8 Å². The van der Waals surface area contributed by atoms with Gasteiger partial charge in [0.05, 0.1) is 15.1 Å². The molecule has 0 bridgehead atoms. The minimum atomic E-state index is -3.92. The topological polar surface area (TPSA) is 71.7 Å². The molecular weight excluding hydrogens is 469 g/mol. The molecule has 0 saturated carbocycles. The molecule has 1 atom stereocenters. The molecule has 1 amide bonds. The molecule has 2 aromatic carbocycles. The molecule has 2 heterocycles. The number of sulfonamides is 1. The summed E-state index contributed by atoms with van der Waals surface area (Å²) in [6, 6.07) is 9.95. The van der Waals surface area contributed by atoms with Crippen LogP contribution >= 0.6 is 23.1 Å². The molecule has 170 valence electrons. The number of hydrogen-bond acceptors (Lipinski definition) is 5. The van der Waals surface area contributed by atoms with Crippen LogP contribution in [0.15, 0.2) is 52.4 Å². The number of aryl methyl sites for hydroxylation is 2. The second kappa shape index (κ2) is 9.46. The van der Waals surface area contributed by atoms with Gasteiger partial charge in [0.2, 0.25) is 10.0 Å². The van der Waals surface area contributed by atoms with E-state index in [0.29, 0.717) is 24.2 Å². The molecule has 1 aromatic heterocycles. The number of carbonyl (C=O) groups excluding carboxylic acids is 1. The fourth-order valence-corrected chi connectivity index (χ4v) is 7.03. The molecule has 0 radical (unpaired) electrons. The Balaban J connectivity index is 1.71. The summed E-state index contributed by atoms with van der Waals surface area (Å²) in [5.74, 6) is -0.104. The number of amides is 1. The molecule has 1 saturated heterocycles. The Morgan fingerprint density at radius 2 is 2.00 bits per heavy atom. The zero-order chi connectivity index (χ0) is 22.9. The highest BCUT2D eigenvalue weighted by atomic mass is 32.2. The van der Waals surface area contributed by atoms with Crippen molar-refractivity contribution in [2.75, 3.05) is 18.6 Å². The molecule has 1 aliphatic rings. The summed E-state index contributed by atoms with van der Waals surface area (Å²) in [6.07, 6.45) is 3.01. The minimum Gasteiger partial charge on any atom is -0.316 e. The predicted octanol–water partition coefficient (Wildman–Crippen LogP) is 3.79. The molecule has 0 N–H and O–H groups in total. The van der Waals surface area contributed by atoms with Crippen molar-refractivity contribution in [1.82, 2.24) is 8.87 Å². The molecule has 4 rings (SSSR count). The van der Waals surface area contributed by atoms with E-state index in [1.54, 1.807) is 11.8 Å². The van der Waals surface area contributed by atoms with Crippen LogP contribution in [0, 0.1) is 12.7 Å². The third-order valence-electron chi connectivity index (χ3n) is 5.47. The average molecular weight is 494 g/mol. The molecule has 1 aliphatic heterocycles. The van der Waals surface area contributed by atoms with Crippen LogP contribution in [0.4, 0.5) is 4.39 Å². The maximum atomic E-state index is 13.3. The fourth-order valence-electron chi connectivity index (χ4n) is 3.85. The lowest BCUT2D eigenvalue weighted by Crippen LogP contribution is -2.40. The van der Waals surface area contributed by atoms with Gasteiger partial charge in [-0.2, -0.15) is 21.1 Å². The van der Waals surface area contributed by atoms with E-state index >= 15 is 0 Å². The summed E-state index contributed by atoms with van der Waals surface area (Å²) in [5.41, 5.74) is 2.14. The number of benzene rings is 2. The van der Waals surface area contributed by atoms with Gasteiger partial charge in [0.25, 0.3) is 5.91 Å². The van der Waals surface area contributed by atoms with Crippen molar-refractivity contribution in [1.29, 1.82) is 0 Å². The number of carbonyl (C=O) groups is 1. The lowest BCUT2D eigenvalue weighted by molar-refractivity contribution is -0.121. The zero-order valence-electron chi connectivity index (χ0n) is 17.8. The Labute approximate surface area is 194 Å². The molecule has 1 fully saturated rings. The highest BCUT2D eigenvalue weighted by molar-refractivity contribution is 7.98. The van der Waals surface area contributed by atoms with Gasteiger partial charge in [-0.3, -0.25) is 4.79 Å². The first-order valence-corrected chi connectivity index (χ1v) is 13.9. The van der Waals surface area contributed by atoms with Crippen molar-refractivity contribution in [2.24, 2.45) is 4.99 Å². The predicted molar refractivity (Wildman–Crippen MR) is 127 cm³/mol. The van der Waals surface area contributed by atoms with E-state index in [9.17, 15) is 17.6 Å². The normalized spacial score (nSPS) is 18.0. The number of hydrogen-bond donors (Lipinski definition) is 0. The van der Waals surface area contributed by atoms with Crippen LogP contribution in [0.1, 0.15) is 18.4 Å². The van der Waals surface area contributed by atoms with Crippen LogP contribution in [0.2, 0.25) is 0 Å². The van der Waals surface area contributed by atoms with Crippen molar-refractivity contribution in [3.05, 3.63) is 58.6 Å². The Hall–Kier alpha value is -2.01. The van der Waals surface area contributed by atoms with Crippen molar-refractivity contribution in [2.45, 2.75) is 37.2 Å². The van der Waals surface area contributed by atoms with E-state index in [1.807, 2.05) is 29.9 Å². The van der Waals surface area contributed by atoms with Crippen LogP contribution in [0.3, 0.4) is 0 Å². The second-order valence-corrected chi connectivity index (χ2v) is 11.6. The Morgan fingerprint density at radius 3 is 2.72 bits per heavy atom. The third kappa shape index (κ3) is 4.54. The minimum absolute atomic E-state index is 0.0222. The van der Waals surface area contributed by atoms with Crippen LogP contribution < -0.4 is 4.80 Å². The maximum Gasteiger partial charge on any atom is 0.266 e. The van der Waals surface area contributed by atoms with Gasteiger partial charge < -0.3 is 4.57 Å². The molecular formula is C22H24FN3O3S3. The summed E-state index contributed by atoms with van der Waals surface area (Å²) in [7, 11) is -3.92. The standard InChI is InChI=1S/C22H24FN3O3S3/c1-15-5-10-18-20(14-15)31-22(25(18)12-13-30-2)24-21(27)19-4-3-11-26(19)32(28,29)17-8-6-16(23)7-9-17/h5-10,14,19H,3-4,11-13H2,1-2H3. The van der Waals surface area contributed by atoms with Crippen molar-refractivity contribution >= 4 is 49.2 Å². The van der Waals surface area contributed by atoms with E-state index in [0.717, 1.165) is 33.7 Å². The van der Waals surface area contributed by atoms with Crippen molar-refractivity contribution < 1.29 is 17.6 Å². The third-order valence-corrected chi connectivity index (χ3v) is 9.03. The summed E-state index contributed by atoms with van der Waals surface area (Å²) in [4.78, 5) is 18.1. The van der Waals surface area contributed by atoms with Gasteiger partial charge in [-0.1, -0.05) is 17.4 Å². The van der Waals surface area contributed by atoms with Gasteiger partial charge in [-0.05, 0) is 68.0 Å². The number of thiazole rings is 1. The highest BCUT2D eigenvalue weighted by Gasteiger charge is 2.39. The lowest BCUT2D eigenvalue weighted by atomic mass is 10.2. The molecule has 10 heteroatoms. The zero-order valence-corrected chi connectivity index (χ0v) is 20.3. The molecule has 3 aromatic rings. The van der Waals surface area contributed by atoms with Crippen LogP contribution in [-0.4, -0.2) is 47.8 Å². The van der Waals surface area contributed by atoms with Crippen LogP contribution in [0.5, 0.6) is 0 Å². The summed E-state index contributed by atoms with van der Waals surface area (Å²) < 4.78 is 43.7. The van der Waals surface area contributed by atoms with E-state index in [-0.39, 0.29) is 11.4 Å². The second-order valence-electron chi connectivity index (χ2n) is 7.68. The van der Waals surface area contributed by atoms with E-state index in [1.165, 1.54) is 27.8 Å². The van der Waals surface area contributed by atoms with Crippen LogP contribution in [0.25, 0.3) is 10.2 Å². The fraction of sp³-hybridized carbons (Fsp3) is 0.364. The summed E-state index contributed by atoms with van der Waals surface area (Å²) >= 11 is 3.15. The average Bonchev–Trinajstić information content (AvgIpc) is 3.37. The van der Waals surface area contributed by atoms with Crippen molar-refractivity contribution in [3.63, 3.8) is 0 Å². The number of halogens is 1.